The number of hydrogen-bond acceptors (Lipinski definition) is 1. The fourth-order valence-electron chi connectivity index (χ4n) is 4.44. The third kappa shape index (κ3) is 5.65. The van der Waals surface area contributed by atoms with E-state index >= 15 is 0 Å². The quantitative estimate of drug-likeness (QED) is 0.639. The van der Waals surface area contributed by atoms with Crippen molar-refractivity contribution in [1.29, 1.82) is 0 Å². The van der Waals surface area contributed by atoms with Gasteiger partial charge in [-0.05, 0) is 62.6 Å². The molecule has 1 heterocycles. The molecule has 152 valence electrons. The molecule has 0 unspecified atom stereocenters. The normalized spacial score (nSPS) is 23.5. The van der Waals surface area contributed by atoms with Gasteiger partial charge in [-0.25, -0.2) is 4.39 Å². The average Bonchev–Trinajstić information content (AvgIpc) is 2.70. The molecule has 0 aromatic heterocycles. The summed E-state index contributed by atoms with van der Waals surface area (Å²) in [5.74, 6) is 1.07. The Kier molecular flexibility index (Phi) is 7.25. The van der Waals surface area contributed by atoms with Gasteiger partial charge in [0.25, 0.3) is 0 Å². The Balaban J connectivity index is 1.64. The number of aryl methyl sites for hydroxylation is 1. The molecule has 3 rings (SSSR count). The summed E-state index contributed by atoms with van der Waals surface area (Å²) in [5.41, 5.74) is 3.98. The summed E-state index contributed by atoms with van der Waals surface area (Å²) >= 11 is 0. The highest BCUT2D eigenvalue weighted by molar-refractivity contribution is 5.25. The van der Waals surface area contributed by atoms with E-state index in [0.717, 1.165) is 45.4 Å². The maximum atomic E-state index is 13.1. The van der Waals surface area contributed by atoms with Gasteiger partial charge in [0.1, 0.15) is 12.4 Å². The summed E-state index contributed by atoms with van der Waals surface area (Å²) in [6.45, 7) is 9.51. The van der Waals surface area contributed by atoms with Crippen molar-refractivity contribution in [3.8, 4) is 0 Å². The molecule has 0 bridgehead atoms. The van der Waals surface area contributed by atoms with Crippen LogP contribution in [0.1, 0.15) is 62.1 Å². The molecule has 2 nitrogen and oxygen atoms in total. The van der Waals surface area contributed by atoms with Gasteiger partial charge in [-0.15, -0.1) is 0 Å². The molecule has 1 fully saturated rings. The molecule has 1 aliphatic rings. The van der Waals surface area contributed by atoms with E-state index in [1.165, 1.54) is 16.7 Å². The molecule has 3 heteroatoms. The monoisotopic (exact) mass is 384 g/mol. The van der Waals surface area contributed by atoms with Crippen LogP contribution in [0.3, 0.4) is 0 Å². The van der Waals surface area contributed by atoms with Crippen LogP contribution in [-0.2, 0) is 11.3 Å². The third-order valence-electron chi connectivity index (χ3n) is 6.43. The first-order chi connectivity index (χ1) is 13.5. The van der Waals surface area contributed by atoms with Crippen molar-refractivity contribution in [1.82, 2.24) is 0 Å². The zero-order valence-electron chi connectivity index (χ0n) is 17.6. The van der Waals surface area contributed by atoms with Crippen molar-refractivity contribution < 1.29 is 14.4 Å². The summed E-state index contributed by atoms with van der Waals surface area (Å²) in [6, 6.07) is 16.0. The van der Waals surface area contributed by atoms with Gasteiger partial charge in [-0.1, -0.05) is 48.9 Å². The van der Waals surface area contributed by atoms with Gasteiger partial charge in [0.05, 0.1) is 12.1 Å². The lowest BCUT2D eigenvalue weighted by Crippen LogP contribution is -2.82. The molecular weight excluding hydrogens is 349 g/mol. The summed E-state index contributed by atoms with van der Waals surface area (Å²) in [5, 5.41) is 2.35. The number of quaternary nitrogens is 1. The lowest BCUT2D eigenvalue weighted by molar-refractivity contribution is -0.671. The summed E-state index contributed by atoms with van der Waals surface area (Å²) in [4.78, 5) is 0. The topological polar surface area (TPSA) is 25.8 Å². The highest BCUT2D eigenvalue weighted by atomic mass is 19.1. The minimum Gasteiger partial charge on any atom is -0.375 e. The Morgan fingerprint density at radius 1 is 1.14 bits per heavy atom. The zero-order chi connectivity index (χ0) is 20.0. The van der Waals surface area contributed by atoms with Crippen molar-refractivity contribution in [3.63, 3.8) is 0 Å². The molecule has 1 saturated heterocycles. The van der Waals surface area contributed by atoms with Gasteiger partial charge in [0.2, 0.25) is 0 Å². The molecule has 2 aromatic rings. The van der Waals surface area contributed by atoms with Crippen molar-refractivity contribution in [2.24, 2.45) is 5.92 Å². The van der Waals surface area contributed by atoms with Crippen LogP contribution in [0, 0.1) is 18.7 Å². The number of halogens is 1. The minimum absolute atomic E-state index is 0.0175. The van der Waals surface area contributed by atoms with E-state index in [4.69, 9.17) is 4.74 Å². The van der Waals surface area contributed by atoms with Crippen LogP contribution in [0.5, 0.6) is 0 Å². The first-order valence-corrected chi connectivity index (χ1v) is 10.8. The van der Waals surface area contributed by atoms with Gasteiger partial charge < -0.3 is 10.1 Å². The van der Waals surface area contributed by atoms with Crippen LogP contribution in [-0.4, -0.2) is 18.8 Å². The lowest BCUT2D eigenvalue weighted by Gasteiger charge is -2.41. The smallest absolute Gasteiger partial charge is 0.123 e. The standard InChI is InChI=1S/C25H34FNO/c1-4-25(3)17-22(14-16-28-25)24(21-9-5-19(2)6-10-21)13-15-27-18-20-7-11-23(26)12-8-20/h5-12,22,24,27H,4,13-18H2,1-3H3/p+1/t22-,24-,25-/m0/s1. The van der Waals surface area contributed by atoms with Crippen LogP contribution in [0.15, 0.2) is 48.5 Å². The van der Waals surface area contributed by atoms with E-state index in [1.807, 2.05) is 12.1 Å². The van der Waals surface area contributed by atoms with Crippen molar-refractivity contribution >= 4 is 0 Å². The van der Waals surface area contributed by atoms with E-state index in [2.05, 4.69) is 50.4 Å². The summed E-state index contributed by atoms with van der Waals surface area (Å²) < 4.78 is 19.2. The molecule has 0 saturated carbocycles. The molecule has 1 aliphatic heterocycles. The van der Waals surface area contributed by atoms with E-state index in [-0.39, 0.29) is 11.4 Å². The molecule has 0 spiro atoms. The maximum absolute atomic E-state index is 13.1. The Morgan fingerprint density at radius 3 is 2.54 bits per heavy atom. The predicted octanol–water partition coefficient (Wildman–Crippen LogP) is 4.97. The SMILES string of the molecule is CC[C@@]1(C)C[C@@H]([C@@H](CC[NH2+]Cc2ccc(F)cc2)c2ccc(C)cc2)CCO1. The predicted molar refractivity (Wildman–Crippen MR) is 113 cm³/mol. The molecule has 0 amide bonds. The van der Waals surface area contributed by atoms with Crippen LogP contribution in [0.2, 0.25) is 0 Å². The number of ether oxygens (including phenoxy) is 1. The van der Waals surface area contributed by atoms with E-state index in [1.54, 1.807) is 12.1 Å². The molecule has 0 radical (unpaired) electrons. The van der Waals surface area contributed by atoms with Crippen LogP contribution >= 0.6 is 0 Å². The first-order valence-electron chi connectivity index (χ1n) is 10.8. The fraction of sp³-hybridized carbons (Fsp3) is 0.520. The van der Waals surface area contributed by atoms with Crippen LogP contribution in [0.25, 0.3) is 0 Å². The largest absolute Gasteiger partial charge is 0.375 e. The van der Waals surface area contributed by atoms with E-state index in [0.29, 0.717) is 11.8 Å². The van der Waals surface area contributed by atoms with Crippen LogP contribution < -0.4 is 5.32 Å². The second-order valence-corrected chi connectivity index (χ2v) is 8.62. The minimum atomic E-state index is -0.165. The van der Waals surface area contributed by atoms with Crippen molar-refractivity contribution in [2.45, 2.75) is 64.5 Å². The van der Waals surface area contributed by atoms with E-state index in [9.17, 15) is 4.39 Å². The highest BCUT2D eigenvalue weighted by Crippen LogP contribution is 2.41. The Morgan fingerprint density at radius 2 is 1.86 bits per heavy atom. The van der Waals surface area contributed by atoms with E-state index < -0.39 is 0 Å². The molecule has 0 aliphatic carbocycles. The number of rotatable bonds is 8. The molecule has 28 heavy (non-hydrogen) atoms. The Bertz CT molecular complexity index is 727. The molecule has 2 N–H and O–H groups in total. The highest BCUT2D eigenvalue weighted by Gasteiger charge is 2.36. The molecule has 3 atom stereocenters. The summed E-state index contributed by atoms with van der Waals surface area (Å²) in [7, 11) is 0. The first kappa shape index (κ1) is 21.0. The van der Waals surface area contributed by atoms with Gasteiger partial charge in [-0.3, -0.25) is 0 Å². The maximum Gasteiger partial charge on any atom is 0.123 e. The molecular formula is C25H35FNO+. The second-order valence-electron chi connectivity index (χ2n) is 8.62. The van der Waals surface area contributed by atoms with Gasteiger partial charge >= 0.3 is 0 Å². The third-order valence-corrected chi connectivity index (χ3v) is 6.43. The van der Waals surface area contributed by atoms with Gasteiger partial charge in [0.15, 0.2) is 0 Å². The second kappa shape index (κ2) is 9.67. The number of benzene rings is 2. The Hall–Kier alpha value is -1.71. The number of nitrogens with two attached hydrogens (primary N) is 1. The van der Waals surface area contributed by atoms with Gasteiger partial charge in [-0.2, -0.15) is 0 Å². The van der Waals surface area contributed by atoms with Crippen molar-refractivity contribution in [3.05, 3.63) is 71.0 Å². The zero-order valence-corrected chi connectivity index (χ0v) is 17.6. The van der Waals surface area contributed by atoms with Crippen LogP contribution in [0.4, 0.5) is 4.39 Å². The summed E-state index contributed by atoms with van der Waals surface area (Å²) in [6.07, 6.45) is 4.52. The van der Waals surface area contributed by atoms with Gasteiger partial charge in [0, 0.05) is 18.6 Å². The molecule has 2 aromatic carbocycles. The van der Waals surface area contributed by atoms with Crippen molar-refractivity contribution in [2.75, 3.05) is 13.2 Å². The average molecular weight is 385 g/mol. The Labute approximate surface area is 169 Å². The lowest BCUT2D eigenvalue weighted by atomic mass is 9.74. The number of hydrogen-bond donors (Lipinski definition) is 1. The fourth-order valence-corrected chi connectivity index (χ4v) is 4.44.